The van der Waals surface area contributed by atoms with Crippen molar-refractivity contribution < 1.29 is 9.53 Å². The summed E-state index contributed by atoms with van der Waals surface area (Å²) in [6.07, 6.45) is 0. The lowest BCUT2D eigenvalue weighted by atomic mass is 10.1. The van der Waals surface area contributed by atoms with Gasteiger partial charge < -0.3 is 15.0 Å². The molecule has 7 nitrogen and oxygen atoms in total. The number of aryl methyl sites for hydroxylation is 1. The maximum absolute atomic E-state index is 12.5. The maximum Gasteiger partial charge on any atom is 0.275 e. The summed E-state index contributed by atoms with van der Waals surface area (Å²) in [6, 6.07) is 7.32. The lowest BCUT2D eigenvalue weighted by molar-refractivity contribution is -0.122. The zero-order chi connectivity index (χ0) is 17.8. The second-order valence-corrected chi connectivity index (χ2v) is 6.60. The van der Waals surface area contributed by atoms with E-state index in [0.717, 1.165) is 30.8 Å². The molecule has 0 radical (unpaired) electrons. The molecule has 1 N–H and O–H groups in total. The number of carbonyl (C=O) groups is 1. The third kappa shape index (κ3) is 4.24. The van der Waals surface area contributed by atoms with Gasteiger partial charge in [0.05, 0.1) is 24.3 Å². The summed E-state index contributed by atoms with van der Waals surface area (Å²) in [5.41, 5.74) is 0.496. The molecule has 1 aliphatic heterocycles. The Morgan fingerprint density at radius 2 is 2.12 bits per heavy atom. The van der Waals surface area contributed by atoms with Crippen molar-refractivity contribution in [2.75, 3.05) is 39.9 Å². The van der Waals surface area contributed by atoms with Crippen LogP contribution in [-0.4, -0.2) is 60.5 Å². The van der Waals surface area contributed by atoms with E-state index >= 15 is 0 Å². The van der Waals surface area contributed by atoms with Gasteiger partial charge in [-0.1, -0.05) is 18.2 Å². The van der Waals surface area contributed by atoms with Crippen LogP contribution in [0.3, 0.4) is 0 Å². The highest BCUT2D eigenvalue weighted by Gasteiger charge is 2.17. The van der Waals surface area contributed by atoms with Crippen molar-refractivity contribution in [3.8, 4) is 0 Å². The Balaban J connectivity index is 1.66. The summed E-state index contributed by atoms with van der Waals surface area (Å²) in [4.78, 5) is 27.0. The van der Waals surface area contributed by atoms with E-state index in [0.29, 0.717) is 18.5 Å². The fourth-order valence-corrected chi connectivity index (χ4v) is 3.14. The summed E-state index contributed by atoms with van der Waals surface area (Å²) >= 11 is 0. The number of amides is 1. The van der Waals surface area contributed by atoms with Crippen LogP contribution in [0.5, 0.6) is 0 Å². The Labute approximate surface area is 146 Å². The van der Waals surface area contributed by atoms with Gasteiger partial charge in [-0.15, -0.1) is 0 Å². The van der Waals surface area contributed by atoms with Crippen molar-refractivity contribution in [2.24, 2.45) is 5.92 Å². The highest BCUT2D eigenvalue weighted by atomic mass is 16.5. The number of ether oxygens (including phenoxy) is 1. The van der Waals surface area contributed by atoms with E-state index < -0.39 is 0 Å². The summed E-state index contributed by atoms with van der Waals surface area (Å²) in [7, 11) is 2.05. The molecule has 0 saturated carbocycles. The predicted octanol–water partition coefficient (Wildman–Crippen LogP) is 0.399. The molecule has 1 amide bonds. The smallest absolute Gasteiger partial charge is 0.275 e. The topological polar surface area (TPSA) is 76.5 Å². The first kappa shape index (κ1) is 17.6. The number of hydrogen-bond acceptors (Lipinski definition) is 5. The third-order valence-electron chi connectivity index (χ3n) is 4.47. The third-order valence-corrected chi connectivity index (χ3v) is 4.47. The van der Waals surface area contributed by atoms with Crippen LogP contribution in [0.4, 0.5) is 0 Å². The highest BCUT2D eigenvalue weighted by molar-refractivity contribution is 5.83. The molecule has 0 spiro atoms. The van der Waals surface area contributed by atoms with E-state index in [4.69, 9.17) is 4.74 Å². The summed E-state index contributed by atoms with van der Waals surface area (Å²) < 4.78 is 6.79. The molecular formula is C18H24N4O3. The first-order chi connectivity index (χ1) is 12.0. The molecule has 2 aromatic rings. The van der Waals surface area contributed by atoms with Gasteiger partial charge in [0.1, 0.15) is 6.54 Å². The Bertz CT molecular complexity index is 818. The number of aromatic nitrogens is 2. The zero-order valence-corrected chi connectivity index (χ0v) is 14.7. The Morgan fingerprint density at radius 3 is 2.92 bits per heavy atom. The van der Waals surface area contributed by atoms with Crippen LogP contribution in [0.25, 0.3) is 10.8 Å². The SMILES string of the molecule is Cc1nn(CC(=O)NCC2COCCN(C)C2)c(=O)c2ccccc12. The van der Waals surface area contributed by atoms with Crippen molar-refractivity contribution in [1.29, 1.82) is 0 Å². The lowest BCUT2D eigenvalue weighted by Crippen LogP contribution is -2.39. The molecule has 7 heteroatoms. The second-order valence-electron chi connectivity index (χ2n) is 6.60. The van der Waals surface area contributed by atoms with Crippen molar-refractivity contribution in [3.63, 3.8) is 0 Å². The molecule has 1 unspecified atom stereocenters. The maximum atomic E-state index is 12.5. The second kappa shape index (κ2) is 7.76. The molecule has 1 atom stereocenters. The summed E-state index contributed by atoms with van der Waals surface area (Å²) in [5, 5.41) is 8.58. The largest absolute Gasteiger partial charge is 0.380 e. The average molecular weight is 344 g/mol. The monoisotopic (exact) mass is 344 g/mol. The average Bonchev–Trinajstić information content (AvgIpc) is 2.82. The van der Waals surface area contributed by atoms with Gasteiger partial charge in [-0.05, 0) is 20.0 Å². The zero-order valence-electron chi connectivity index (χ0n) is 14.7. The molecule has 3 rings (SSSR count). The lowest BCUT2D eigenvalue weighted by Gasteiger charge is -2.19. The molecule has 1 aliphatic rings. The summed E-state index contributed by atoms with van der Waals surface area (Å²) in [5.74, 6) is 0.0376. The normalized spacial score (nSPS) is 18.9. The van der Waals surface area contributed by atoms with Crippen LogP contribution < -0.4 is 10.9 Å². The highest BCUT2D eigenvalue weighted by Crippen LogP contribution is 2.11. The molecular weight excluding hydrogens is 320 g/mol. The van der Waals surface area contributed by atoms with Gasteiger partial charge in [-0.2, -0.15) is 5.10 Å². The van der Waals surface area contributed by atoms with Gasteiger partial charge in [0.25, 0.3) is 5.56 Å². The minimum absolute atomic E-state index is 0.0755. The minimum atomic E-state index is -0.242. The molecule has 1 aromatic heterocycles. The van der Waals surface area contributed by atoms with Crippen LogP contribution >= 0.6 is 0 Å². The predicted molar refractivity (Wildman–Crippen MR) is 95.6 cm³/mol. The fraction of sp³-hybridized carbons (Fsp3) is 0.500. The van der Waals surface area contributed by atoms with E-state index in [-0.39, 0.29) is 23.9 Å². The molecule has 1 fully saturated rings. The Kier molecular flexibility index (Phi) is 5.45. The Morgan fingerprint density at radius 1 is 1.36 bits per heavy atom. The van der Waals surface area contributed by atoms with Gasteiger partial charge >= 0.3 is 0 Å². The van der Waals surface area contributed by atoms with Gasteiger partial charge in [0, 0.05) is 30.9 Å². The minimum Gasteiger partial charge on any atom is -0.380 e. The van der Waals surface area contributed by atoms with Crippen molar-refractivity contribution in [1.82, 2.24) is 20.0 Å². The molecule has 25 heavy (non-hydrogen) atoms. The number of nitrogens with zero attached hydrogens (tertiary/aromatic N) is 3. The van der Waals surface area contributed by atoms with Gasteiger partial charge in [0.2, 0.25) is 5.91 Å². The van der Waals surface area contributed by atoms with Crippen LogP contribution in [0.1, 0.15) is 5.69 Å². The fourth-order valence-electron chi connectivity index (χ4n) is 3.14. The van der Waals surface area contributed by atoms with Gasteiger partial charge in [0.15, 0.2) is 0 Å². The molecule has 2 heterocycles. The number of nitrogens with one attached hydrogen (secondary N) is 1. The van der Waals surface area contributed by atoms with Crippen LogP contribution in [0, 0.1) is 12.8 Å². The first-order valence-corrected chi connectivity index (χ1v) is 8.54. The van der Waals surface area contributed by atoms with Crippen LogP contribution in [0.2, 0.25) is 0 Å². The van der Waals surface area contributed by atoms with E-state index in [1.165, 1.54) is 4.68 Å². The molecule has 1 saturated heterocycles. The number of benzene rings is 1. The number of rotatable bonds is 4. The number of likely N-dealkylation sites (N-methyl/N-ethyl adjacent to an activating group) is 1. The van der Waals surface area contributed by atoms with E-state index in [1.54, 1.807) is 6.07 Å². The van der Waals surface area contributed by atoms with Gasteiger partial charge in [-0.3, -0.25) is 9.59 Å². The van der Waals surface area contributed by atoms with E-state index in [9.17, 15) is 9.59 Å². The standard InChI is InChI=1S/C18H24N4O3/c1-13-15-5-3-4-6-16(15)18(24)22(20-13)11-17(23)19-9-14-10-21(2)7-8-25-12-14/h3-6,14H,7-12H2,1-2H3,(H,19,23). The van der Waals surface area contributed by atoms with Crippen molar-refractivity contribution in [2.45, 2.75) is 13.5 Å². The van der Waals surface area contributed by atoms with Crippen LogP contribution in [0.15, 0.2) is 29.1 Å². The summed E-state index contributed by atoms with van der Waals surface area (Å²) in [6.45, 7) is 5.44. The molecule has 0 aliphatic carbocycles. The van der Waals surface area contributed by atoms with Crippen molar-refractivity contribution >= 4 is 16.7 Å². The van der Waals surface area contributed by atoms with Crippen LogP contribution in [-0.2, 0) is 16.1 Å². The van der Waals surface area contributed by atoms with Crippen molar-refractivity contribution in [3.05, 3.63) is 40.3 Å². The number of hydrogen-bond donors (Lipinski definition) is 1. The van der Waals surface area contributed by atoms with E-state index in [2.05, 4.69) is 15.3 Å². The first-order valence-electron chi connectivity index (χ1n) is 8.54. The quantitative estimate of drug-likeness (QED) is 0.869. The number of carbonyl (C=O) groups excluding carboxylic acids is 1. The Hall–Kier alpha value is -2.25. The molecule has 0 bridgehead atoms. The van der Waals surface area contributed by atoms with E-state index in [1.807, 2.05) is 32.2 Å². The number of fused-ring (bicyclic) bond motifs is 1. The van der Waals surface area contributed by atoms with Gasteiger partial charge in [-0.25, -0.2) is 4.68 Å². The molecule has 134 valence electrons. The molecule has 1 aromatic carbocycles.